The maximum atomic E-state index is 12.0. The minimum Gasteiger partial charge on any atom is -0.326 e. The van der Waals surface area contributed by atoms with Crippen molar-refractivity contribution in [2.75, 3.05) is 16.4 Å². The van der Waals surface area contributed by atoms with Crippen LogP contribution in [0, 0.1) is 13.8 Å². The topological polar surface area (TPSA) is 84.0 Å². The number of rotatable bonds is 5. The number of aryl methyl sites for hydroxylation is 2. The normalized spacial score (nSPS) is 10.2. The van der Waals surface area contributed by atoms with Crippen molar-refractivity contribution in [2.45, 2.75) is 25.8 Å². The van der Waals surface area contributed by atoms with Crippen molar-refractivity contribution in [1.82, 2.24) is 9.97 Å². The van der Waals surface area contributed by atoms with Crippen molar-refractivity contribution in [2.24, 2.45) is 0 Å². The Kier molecular flexibility index (Phi) is 5.70. The molecule has 0 unspecified atom stereocenters. The molecule has 2 aromatic rings. The monoisotopic (exact) mass is 330 g/mol. The van der Waals surface area contributed by atoms with E-state index in [0.29, 0.717) is 17.2 Å². The van der Waals surface area contributed by atoms with Gasteiger partial charge in [-0.3, -0.25) is 9.59 Å². The lowest BCUT2D eigenvalue weighted by Gasteiger charge is -2.08. The van der Waals surface area contributed by atoms with Crippen LogP contribution in [0.1, 0.15) is 18.4 Å². The van der Waals surface area contributed by atoms with E-state index in [1.165, 1.54) is 18.7 Å². The molecule has 7 heteroatoms. The molecule has 0 fully saturated rings. The van der Waals surface area contributed by atoms with Crippen LogP contribution in [0.3, 0.4) is 0 Å². The van der Waals surface area contributed by atoms with Crippen LogP contribution in [0.15, 0.2) is 35.4 Å². The number of benzene rings is 1. The summed E-state index contributed by atoms with van der Waals surface area (Å²) in [5.41, 5.74) is 2.16. The number of nitrogens with one attached hydrogen (secondary N) is 2. The molecule has 0 radical (unpaired) electrons. The molecule has 6 nitrogen and oxygen atoms in total. The minimum absolute atomic E-state index is 0.135. The van der Waals surface area contributed by atoms with E-state index in [1.807, 2.05) is 19.9 Å². The van der Waals surface area contributed by atoms with Gasteiger partial charge in [-0.1, -0.05) is 17.8 Å². The van der Waals surface area contributed by atoms with Gasteiger partial charge in [0.15, 0.2) is 0 Å². The lowest BCUT2D eigenvalue weighted by Crippen LogP contribution is -2.14. The highest BCUT2D eigenvalue weighted by Gasteiger charge is 2.07. The standard InChI is InChI=1S/C16H18N4O2S/c1-10-7-16(18-11(2)17-10)23-9-15(22)20-14-6-4-5-13(8-14)19-12(3)21/h4-8H,9H2,1-3H3,(H,19,21)(H,20,22). The molecule has 0 aliphatic rings. The summed E-state index contributed by atoms with van der Waals surface area (Å²) in [6.07, 6.45) is 0. The van der Waals surface area contributed by atoms with E-state index in [1.54, 1.807) is 24.3 Å². The number of hydrogen-bond donors (Lipinski definition) is 2. The van der Waals surface area contributed by atoms with E-state index < -0.39 is 0 Å². The average molecular weight is 330 g/mol. The van der Waals surface area contributed by atoms with Crippen LogP contribution in [0.25, 0.3) is 0 Å². The second-order valence-corrected chi connectivity index (χ2v) is 5.99. The molecule has 0 saturated carbocycles. The van der Waals surface area contributed by atoms with Crippen LogP contribution in [-0.4, -0.2) is 27.5 Å². The van der Waals surface area contributed by atoms with Crippen molar-refractivity contribution in [3.8, 4) is 0 Å². The smallest absolute Gasteiger partial charge is 0.234 e. The highest BCUT2D eigenvalue weighted by molar-refractivity contribution is 7.99. The number of anilines is 2. The third kappa shape index (κ3) is 5.71. The highest BCUT2D eigenvalue weighted by atomic mass is 32.2. The first kappa shape index (κ1) is 17.0. The van der Waals surface area contributed by atoms with Gasteiger partial charge in [-0.05, 0) is 38.1 Å². The Morgan fingerprint density at radius 1 is 1.09 bits per heavy atom. The van der Waals surface area contributed by atoms with Gasteiger partial charge in [0, 0.05) is 24.0 Å². The first-order valence-corrected chi connectivity index (χ1v) is 8.03. The molecule has 1 heterocycles. The van der Waals surface area contributed by atoms with Gasteiger partial charge in [-0.15, -0.1) is 0 Å². The molecule has 0 bridgehead atoms. The summed E-state index contributed by atoms with van der Waals surface area (Å²) < 4.78 is 0. The summed E-state index contributed by atoms with van der Waals surface area (Å²) in [7, 11) is 0. The van der Waals surface area contributed by atoms with Crippen LogP contribution in [0.4, 0.5) is 11.4 Å². The molecule has 2 N–H and O–H groups in total. The van der Waals surface area contributed by atoms with Crippen LogP contribution in [-0.2, 0) is 9.59 Å². The Morgan fingerprint density at radius 2 is 1.78 bits per heavy atom. The second-order valence-electron chi connectivity index (χ2n) is 4.99. The van der Waals surface area contributed by atoms with E-state index in [-0.39, 0.29) is 17.6 Å². The zero-order chi connectivity index (χ0) is 16.8. The van der Waals surface area contributed by atoms with Gasteiger partial charge in [0.25, 0.3) is 0 Å². The molecular weight excluding hydrogens is 312 g/mol. The van der Waals surface area contributed by atoms with Gasteiger partial charge in [0.2, 0.25) is 11.8 Å². The van der Waals surface area contributed by atoms with Crippen molar-refractivity contribution in [3.63, 3.8) is 0 Å². The minimum atomic E-state index is -0.154. The third-order valence-electron chi connectivity index (χ3n) is 2.76. The molecule has 1 aromatic carbocycles. The quantitative estimate of drug-likeness (QED) is 0.650. The lowest BCUT2D eigenvalue weighted by atomic mass is 10.2. The molecule has 0 atom stereocenters. The number of thioether (sulfide) groups is 1. The van der Waals surface area contributed by atoms with Gasteiger partial charge in [-0.2, -0.15) is 0 Å². The molecule has 0 spiro atoms. The SMILES string of the molecule is CC(=O)Nc1cccc(NC(=O)CSc2cc(C)nc(C)n2)c1. The zero-order valence-electron chi connectivity index (χ0n) is 13.2. The average Bonchev–Trinajstić information content (AvgIpc) is 2.44. The first-order chi connectivity index (χ1) is 10.9. The van der Waals surface area contributed by atoms with Gasteiger partial charge >= 0.3 is 0 Å². The van der Waals surface area contributed by atoms with Crippen molar-refractivity contribution in [3.05, 3.63) is 41.9 Å². The molecule has 2 rings (SSSR count). The van der Waals surface area contributed by atoms with Gasteiger partial charge in [-0.25, -0.2) is 9.97 Å². The molecule has 120 valence electrons. The fraction of sp³-hybridized carbons (Fsp3) is 0.250. The maximum Gasteiger partial charge on any atom is 0.234 e. The molecule has 23 heavy (non-hydrogen) atoms. The lowest BCUT2D eigenvalue weighted by molar-refractivity contribution is -0.114. The Hall–Kier alpha value is -2.41. The first-order valence-electron chi connectivity index (χ1n) is 7.05. The molecule has 2 amide bonds. The number of nitrogens with zero attached hydrogens (tertiary/aromatic N) is 2. The Morgan fingerprint density at radius 3 is 2.43 bits per heavy atom. The van der Waals surface area contributed by atoms with Gasteiger partial charge in [0.1, 0.15) is 10.9 Å². The van der Waals surface area contributed by atoms with Gasteiger partial charge < -0.3 is 10.6 Å². The van der Waals surface area contributed by atoms with Crippen molar-refractivity contribution in [1.29, 1.82) is 0 Å². The fourth-order valence-electron chi connectivity index (χ4n) is 1.97. The number of carbonyl (C=O) groups excluding carboxylic acids is 2. The fourth-order valence-corrected chi connectivity index (χ4v) is 2.77. The molecule has 0 saturated heterocycles. The van der Waals surface area contributed by atoms with E-state index in [4.69, 9.17) is 0 Å². The summed E-state index contributed by atoms with van der Waals surface area (Å²) in [4.78, 5) is 31.6. The van der Waals surface area contributed by atoms with Crippen molar-refractivity contribution >= 4 is 35.0 Å². The predicted molar refractivity (Wildman–Crippen MR) is 91.6 cm³/mol. The second kappa shape index (κ2) is 7.73. The molecular formula is C16H18N4O2S. The van der Waals surface area contributed by atoms with Crippen LogP contribution in [0.5, 0.6) is 0 Å². The molecule has 0 aliphatic heterocycles. The summed E-state index contributed by atoms with van der Waals surface area (Å²) >= 11 is 1.36. The summed E-state index contributed by atoms with van der Waals surface area (Å²) in [5, 5.41) is 6.25. The number of carbonyl (C=O) groups is 2. The number of aromatic nitrogens is 2. The Labute approximate surface area is 139 Å². The third-order valence-corrected chi connectivity index (χ3v) is 3.67. The summed E-state index contributed by atoms with van der Waals surface area (Å²) in [6.45, 7) is 5.16. The van der Waals surface area contributed by atoms with Gasteiger partial charge in [0.05, 0.1) is 5.75 Å². The van der Waals surface area contributed by atoms with Crippen LogP contribution < -0.4 is 10.6 Å². The van der Waals surface area contributed by atoms with Crippen LogP contribution >= 0.6 is 11.8 Å². The number of amides is 2. The summed E-state index contributed by atoms with van der Waals surface area (Å²) in [6, 6.07) is 8.86. The van der Waals surface area contributed by atoms with Crippen LogP contribution in [0.2, 0.25) is 0 Å². The zero-order valence-corrected chi connectivity index (χ0v) is 14.0. The predicted octanol–water partition coefficient (Wildman–Crippen LogP) is 2.78. The van der Waals surface area contributed by atoms with E-state index in [2.05, 4.69) is 20.6 Å². The largest absolute Gasteiger partial charge is 0.326 e. The molecule has 1 aromatic heterocycles. The maximum absolute atomic E-state index is 12.0. The highest BCUT2D eigenvalue weighted by Crippen LogP contribution is 2.18. The van der Waals surface area contributed by atoms with E-state index in [0.717, 1.165) is 10.7 Å². The van der Waals surface area contributed by atoms with Crippen molar-refractivity contribution < 1.29 is 9.59 Å². The van der Waals surface area contributed by atoms with E-state index in [9.17, 15) is 9.59 Å². The Balaban J connectivity index is 1.93. The number of hydrogen-bond acceptors (Lipinski definition) is 5. The molecule has 0 aliphatic carbocycles. The Bertz CT molecular complexity index is 714. The van der Waals surface area contributed by atoms with E-state index >= 15 is 0 Å². The summed E-state index contributed by atoms with van der Waals surface area (Å²) in [5.74, 6) is 0.651.